The average Bonchev–Trinajstić information content (AvgIpc) is 2.74. The predicted octanol–water partition coefficient (Wildman–Crippen LogP) is 3.24. The van der Waals surface area contributed by atoms with Crippen LogP contribution in [0.25, 0.3) is 10.8 Å². The monoisotopic (exact) mass is 426 g/mol. The highest BCUT2D eigenvalue weighted by Crippen LogP contribution is 2.34. The van der Waals surface area contributed by atoms with Crippen LogP contribution in [0.2, 0.25) is 0 Å². The number of carboxylic acid groups (broad SMARTS) is 1. The van der Waals surface area contributed by atoms with Gasteiger partial charge in [0.1, 0.15) is 0 Å². The van der Waals surface area contributed by atoms with Gasteiger partial charge in [-0.3, -0.25) is 14.5 Å². The molecule has 3 amide bonds. The zero-order valence-corrected chi connectivity index (χ0v) is 18.1. The number of amides is 3. The standard InChI is InChI=1S/C23H30N4O4/c1-3-4-5-13-27-21(28)17-8-6-7-16-19(10-9-18(20(16)17)22(27)29)24-11-14-26(2)15-12-25-23(30)31/h6-10,24-25H,3-5,11-15H2,1-2H3,(H,30,31). The van der Waals surface area contributed by atoms with Crippen molar-refractivity contribution in [1.29, 1.82) is 0 Å². The maximum atomic E-state index is 13.0. The Bertz CT molecular complexity index is 953. The molecule has 0 fully saturated rings. The fourth-order valence-corrected chi connectivity index (χ4v) is 3.87. The first-order chi connectivity index (χ1) is 14.9. The molecule has 1 heterocycles. The molecule has 1 aliphatic rings. The molecule has 0 atom stereocenters. The van der Waals surface area contributed by atoms with E-state index in [0.29, 0.717) is 49.2 Å². The van der Waals surface area contributed by atoms with Crippen LogP contribution in [0.3, 0.4) is 0 Å². The van der Waals surface area contributed by atoms with Crippen LogP contribution in [0.4, 0.5) is 10.5 Å². The molecule has 2 aromatic rings. The minimum absolute atomic E-state index is 0.220. The number of nitrogens with zero attached hydrogens (tertiary/aromatic N) is 2. The van der Waals surface area contributed by atoms with Crippen LogP contribution in [0.15, 0.2) is 30.3 Å². The van der Waals surface area contributed by atoms with Gasteiger partial charge >= 0.3 is 6.09 Å². The van der Waals surface area contributed by atoms with Crippen LogP contribution in [0.1, 0.15) is 46.9 Å². The number of benzene rings is 2. The Morgan fingerprint density at radius 3 is 2.45 bits per heavy atom. The molecule has 0 aliphatic carbocycles. The van der Waals surface area contributed by atoms with E-state index >= 15 is 0 Å². The summed E-state index contributed by atoms with van der Waals surface area (Å²) in [7, 11) is 1.92. The number of imide groups is 1. The normalized spacial score (nSPS) is 13.2. The number of hydrogen-bond donors (Lipinski definition) is 3. The molecule has 0 unspecified atom stereocenters. The number of likely N-dealkylation sites (N-methyl/N-ethyl adjacent to an activating group) is 1. The Kier molecular flexibility index (Phi) is 7.46. The molecule has 3 rings (SSSR count). The maximum absolute atomic E-state index is 13.0. The number of anilines is 1. The second kappa shape index (κ2) is 10.3. The zero-order chi connectivity index (χ0) is 22.4. The summed E-state index contributed by atoms with van der Waals surface area (Å²) < 4.78 is 0. The highest BCUT2D eigenvalue weighted by molar-refractivity contribution is 6.26. The Morgan fingerprint density at radius 2 is 1.74 bits per heavy atom. The third-order valence-corrected chi connectivity index (χ3v) is 5.56. The molecule has 0 radical (unpaired) electrons. The second-order valence-corrected chi connectivity index (χ2v) is 7.82. The van der Waals surface area contributed by atoms with Crippen molar-refractivity contribution in [3.05, 3.63) is 41.5 Å². The van der Waals surface area contributed by atoms with Gasteiger partial charge in [0.25, 0.3) is 11.8 Å². The van der Waals surface area contributed by atoms with Crippen molar-refractivity contribution in [2.24, 2.45) is 0 Å². The Hall–Kier alpha value is -3.13. The number of rotatable bonds is 11. The SMILES string of the molecule is CCCCCN1C(=O)c2cccc3c(NCCN(C)CCNC(=O)O)ccc(c23)C1=O. The molecule has 1 aliphatic heterocycles. The molecule has 8 heteroatoms. The molecule has 0 spiro atoms. The van der Waals surface area contributed by atoms with E-state index in [9.17, 15) is 14.4 Å². The summed E-state index contributed by atoms with van der Waals surface area (Å²) >= 11 is 0. The Morgan fingerprint density at radius 1 is 1.03 bits per heavy atom. The van der Waals surface area contributed by atoms with E-state index in [1.807, 2.05) is 30.1 Å². The molecule has 31 heavy (non-hydrogen) atoms. The van der Waals surface area contributed by atoms with Crippen molar-refractivity contribution in [3.63, 3.8) is 0 Å². The van der Waals surface area contributed by atoms with Crippen LogP contribution in [0, 0.1) is 0 Å². The average molecular weight is 427 g/mol. The van der Waals surface area contributed by atoms with Gasteiger partial charge in [-0.2, -0.15) is 0 Å². The van der Waals surface area contributed by atoms with Crippen LogP contribution in [-0.2, 0) is 0 Å². The number of nitrogens with one attached hydrogen (secondary N) is 2. The predicted molar refractivity (Wildman–Crippen MR) is 121 cm³/mol. The van der Waals surface area contributed by atoms with Crippen molar-refractivity contribution in [2.45, 2.75) is 26.2 Å². The summed E-state index contributed by atoms with van der Waals surface area (Å²) in [5.74, 6) is -0.441. The molecular weight excluding hydrogens is 396 g/mol. The number of hydrogen-bond acceptors (Lipinski definition) is 5. The smallest absolute Gasteiger partial charge is 0.404 e. The van der Waals surface area contributed by atoms with E-state index in [2.05, 4.69) is 17.6 Å². The van der Waals surface area contributed by atoms with Gasteiger partial charge in [-0.25, -0.2) is 4.79 Å². The number of carbonyl (C=O) groups is 3. The summed E-state index contributed by atoms with van der Waals surface area (Å²) in [5, 5.41) is 16.0. The van der Waals surface area contributed by atoms with Gasteiger partial charge < -0.3 is 20.6 Å². The largest absolute Gasteiger partial charge is 0.465 e. The molecule has 0 saturated heterocycles. The molecule has 3 N–H and O–H groups in total. The van der Waals surface area contributed by atoms with Crippen molar-refractivity contribution in [2.75, 3.05) is 45.1 Å². The zero-order valence-electron chi connectivity index (χ0n) is 18.1. The van der Waals surface area contributed by atoms with Gasteiger partial charge in [-0.05, 0) is 31.7 Å². The lowest BCUT2D eigenvalue weighted by atomic mass is 9.93. The first-order valence-electron chi connectivity index (χ1n) is 10.7. The van der Waals surface area contributed by atoms with E-state index in [1.54, 1.807) is 12.1 Å². The van der Waals surface area contributed by atoms with Gasteiger partial charge in [0.2, 0.25) is 0 Å². The molecule has 0 bridgehead atoms. The van der Waals surface area contributed by atoms with Gasteiger partial charge in [0.15, 0.2) is 0 Å². The highest BCUT2D eigenvalue weighted by Gasteiger charge is 2.32. The lowest BCUT2D eigenvalue weighted by molar-refractivity contribution is 0.0608. The summed E-state index contributed by atoms with van der Waals surface area (Å²) in [6.07, 6.45) is 1.80. The maximum Gasteiger partial charge on any atom is 0.404 e. The summed E-state index contributed by atoms with van der Waals surface area (Å²) in [6, 6.07) is 9.27. The lowest BCUT2D eigenvalue weighted by Crippen LogP contribution is -2.40. The first-order valence-corrected chi connectivity index (χ1v) is 10.7. The van der Waals surface area contributed by atoms with E-state index in [4.69, 9.17) is 5.11 Å². The third kappa shape index (κ3) is 5.14. The number of carbonyl (C=O) groups excluding carboxylic acids is 2. The lowest BCUT2D eigenvalue weighted by Gasteiger charge is -2.28. The van der Waals surface area contributed by atoms with Gasteiger partial charge in [0, 0.05) is 60.3 Å². The van der Waals surface area contributed by atoms with Crippen molar-refractivity contribution >= 4 is 34.4 Å². The molecular formula is C23H30N4O4. The minimum Gasteiger partial charge on any atom is -0.465 e. The number of unbranched alkanes of at least 4 members (excludes halogenated alkanes) is 2. The van der Waals surface area contributed by atoms with E-state index in [-0.39, 0.29) is 11.8 Å². The molecule has 2 aromatic carbocycles. The van der Waals surface area contributed by atoms with Crippen LogP contribution >= 0.6 is 0 Å². The summed E-state index contributed by atoms with van der Waals surface area (Å²) in [4.78, 5) is 39.9. The fourth-order valence-electron chi connectivity index (χ4n) is 3.87. The highest BCUT2D eigenvalue weighted by atomic mass is 16.4. The third-order valence-electron chi connectivity index (χ3n) is 5.56. The molecule has 0 aromatic heterocycles. The molecule has 0 saturated carbocycles. The van der Waals surface area contributed by atoms with Crippen LogP contribution < -0.4 is 10.6 Å². The van der Waals surface area contributed by atoms with Crippen molar-refractivity contribution in [3.8, 4) is 0 Å². The van der Waals surface area contributed by atoms with E-state index in [1.165, 1.54) is 4.90 Å². The quantitative estimate of drug-likeness (QED) is 0.377. The second-order valence-electron chi connectivity index (χ2n) is 7.82. The van der Waals surface area contributed by atoms with Gasteiger partial charge in [0.05, 0.1) is 0 Å². The Balaban J connectivity index is 1.73. The molecule has 166 valence electrons. The van der Waals surface area contributed by atoms with Crippen molar-refractivity contribution in [1.82, 2.24) is 15.1 Å². The van der Waals surface area contributed by atoms with Gasteiger partial charge in [-0.1, -0.05) is 31.9 Å². The van der Waals surface area contributed by atoms with E-state index in [0.717, 1.165) is 30.3 Å². The first kappa shape index (κ1) is 22.6. The van der Waals surface area contributed by atoms with Gasteiger partial charge in [-0.15, -0.1) is 0 Å². The van der Waals surface area contributed by atoms with Crippen molar-refractivity contribution < 1.29 is 19.5 Å². The van der Waals surface area contributed by atoms with E-state index < -0.39 is 6.09 Å². The van der Waals surface area contributed by atoms with Crippen LogP contribution in [-0.4, -0.2) is 72.6 Å². The minimum atomic E-state index is -1.02. The fraction of sp³-hybridized carbons (Fsp3) is 0.435. The van der Waals surface area contributed by atoms with Crippen LogP contribution in [0.5, 0.6) is 0 Å². The summed E-state index contributed by atoms with van der Waals surface area (Å²) in [5.41, 5.74) is 2.02. The molecule has 8 nitrogen and oxygen atoms in total. The Labute approximate surface area is 182 Å². The summed E-state index contributed by atoms with van der Waals surface area (Å²) in [6.45, 7) is 4.88. The topological polar surface area (TPSA) is 102 Å².